The number of amides is 2. The van der Waals surface area contributed by atoms with Gasteiger partial charge in [-0.25, -0.2) is 0 Å². The third-order valence-electron chi connectivity index (χ3n) is 6.43. The molecule has 1 aromatic carbocycles. The molecule has 1 aliphatic carbocycles. The maximum atomic E-state index is 13.5. The quantitative estimate of drug-likeness (QED) is 0.469. The number of nitrogens with zero attached hydrogens (tertiary/aromatic N) is 3. The summed E-state index contributed by atoms with van der Waals surface area (Å²) in [5.74, 6) is 0.987. The van der Waals surface area contributed by atoms with Crippen LogP contribution < -0.4 is 10.1 Å². The summed E-state index contributed by atoms with van der Waals surface area (Å²) in [6.45, 7) is 3.83. The fraction of sp³-hybridized carbons (Fsp3) is 0.500. The zero-order valence-corrected chi connectivity index (χ0v) is 22.1. The summed E-state index contributed by atoms with van der Waals surface area (Å²) in [6, 6.07) is 5.90. The normalized spacial score (nSPS) is 17.8. The molecule has 2 aromatic rings. The number of anilines is 1. The van der Waals surface area contributed by atoms with E-state index in [4.69, 9.17) is 27.9 Å². The number of benzene rings is 1. The third kappa shape index (κ3) is 7.02. The van der Waals surface area contributed by atoms with Crippen molar-refractivity contribution in [3.8, 4) is 5.75 Å². The molecule has 1 atom stereocenters. The average molecular weight is 535 g/mol. The molecule has 36 heavy (non-hydrogen) atoms. The molecular formula is C26H32Cl2N4O4. The Morgan fingerprint density at radius 2 is 2.00 bits per heavy atom. The fourth-order valence-corrected chi connectivity index (χ4v) is 5.22. The summed E-state index contributed by atoms with van der Waals surface area (Å²) >= 11 is 12.2. The van der Waals surface area contributed by atoms with Crippen LogP contribution in [-0.2, 0) is 16.1 Å². The first-order chi connectivity index (χ1) is 17.1. The lowest BCUT2D eigenvalue weighted by atomic mass is 9.84. The van der Waals surface area contributed by atoms with Crippen LogP contribution in [0.1, 0.15) is 52.4 Å². The summed E-state index contributed by atoms with van der Waals surface area (Å²) in [5, 5.41) is 18.1. The minimum Gasteiger partial charge on any atom is -0.458 e. The van der Waals surface area contributed by atoms with E-state index in [9.17, 15) is 14.7 Å². The van der Waals surface area contributed by atoms with E-state index in [1.807, 2.05) is 0 Å². The van der Waals surface area contributed by atoms with Gasteiger partial charge >= 0.3 is 0 Å². The molecular weight excluding hydrogens is 503 g/mol. The van der Waals surface area contributed by atoms with Gasteiger partial charge in [0.2, 0.25) is 5.91 Å². The van der Waals surface area contributed by atoms with Gasteiger partial charge in [-0.2, -0.15) is 5.10 Å². The molecule has 2 N–H and O–H groups in total. The molecule has 10 heteroatoms. The molecule has 4 rings (SSSR count). The van der Waals surface area contributed by atoms with E-state index in [1.54, 1.807) is 53.9 Å². The first-order valence-corrected chi connectivity index (χ1v) is 13.0. The van der Waals surface area contributed by atoms with Crippen molar-refractivity contribution in [2.24, 2.45) is 5.92 Å². The molecule has 1 aliphatic heterocycles. The van der Waals surface area contributed by atoms with Crippen LogP contribution in [0.5, 0.6) is 5.75 Å². The number of rotatable bonds is 9. The highest BCUT2D eigenvalue weighted by atomic mass is 35.5. The highest BCUT2D eigenvalue weighted by molar-refractivity contribution is 6.35. The second-order valence-electron chi connectivity index (χ2n) is 10.2. The number of halogens is 2. The topological polar surface area (TPSA) is 96.7 Å². The second kappa shape index (κ2) is 11.2. The highest BCUT2D eigenvalue weighted by Crippen LogP contribution is 2.33. The van der Waals surface area contributed by atoms with E-state index < -0.39 is 11.6 Å². The number of carbonyl (C=O) groups excluding carboxylic acids is 2. The van der Waals surface area contributed by atoms with Crippen LogP contribution >= 0.6 is 23.2 Å². The number of hydrogen-bond donors (Lipinski definition) is 2. The van der Waals surface area contributed by atoms with E-state index in [0.29, 0.717) is 39.7 Å². The Labute approximate surface area is 221 Å². The summed E-state index contributed by atoms with van der Waals surface area (Å²) in [6.07, 6.45) is 9.25. The maximum absolute atomic E-state index is 13.5. The van der Waals surface area contributed by atoms with Crippen molar-refractivity contribution in [3.63, 3.8) is 0 Å². The van der Waals surface area contributed by atoms with Crippen LogP contribution in [0.15, 0.2) is 42.3 Å². The Morgan fingerprint density at radius 3 is 2.69 bits per heavy atom. The standard InChI is InChI=1S/C26H32Cl2N4O4/c1-26(2,35)16-31-11-10-23(30-31)29-25(34)21(12-17-6-4-3-5-7-17)32-15-19(14-24(32)33)36-22-9-8-18(27)13-20(22)28/h8-11,13-14,17,21,35H,3-7,12,15-16H2,1-2H3,(H,29,30,34). The Balaban J connectivity index is 1.48. The predicted molar refractivity (Wildman–Crippen MR) is 139 cm³/mol. The van der Waals surface area contributed by atoms with Crippen molar-refractivity contribution in [3.05, 3.63) is 52.3 Å². The van der Waals surface area contributed by atoms with Gasteiger partial charge in [-0.3, -0.25) is 14.3 Å². The van der Waals surface area contributed by atoms with Crippen LogP contribution in [0.3, 0.4) is 0 Å². The molecule has 0 saturated heterocycles. The van der Waals surface area contributed by atoms with E-state index in [2.05, 4.69) is 10.4 Å². The highest BCUT2D eigenvalue weighted by Gasteiger charge is 2.36. The molecule has 1 fully saturated rings. The summed E-state index contributed by atoms with van der Waals surface area (Å²) in [5.41, 5.74) is -0.937. The van der Waals surface area contributed by atoms with Gasteiger partial charge in [-0.15, -0.1) is 0 Å². The molecule has 1 saturated carbocycles. The Morgan fingerprint density at radius 1 is 1.25 bits per heavy atom. The molecule has 1 unspecified atom stereocenters. The van der Waals surface area contributed by atoms with Crippen molar-refractivity contribution >= 4 is 40.8 Å². The lowest BCUT2D eigenvalue weighted by molar-refractivity contribution is -0.134. The van der Waals surface area contributed by atoms with Crippen molar-refractivity contribution in [2.45, 2.75) is 70.6 Å². The number of hydrogen-bond acceptors (Lipinski definition) is 5. The fourth-order valence-electron chi connectivity index (χ4n) is 4.77. The third-order valence-corrected chi connectivity index (χ3v) is 6.96. The van der Waals surface area contributed by atoms with Gasteiger partial charge in [0.25, 0.3) is 5.91 Å². The zero-order valence-electron chi connectivity index (χ0n) is 20.5. The molecule has 8 nitrogen and oxygen atoms in total. The molecule has 2 aliphatic rings. The van der Waals surface area contributed by atoms with Gasteiger partial charge in [0.15, 0.2) is 5.82 Å². The van der Waals surface area contributed by atoms with Crippen LogP contribution in [-0.4, -0.2) is 49.8 Å². The van der Waals surface area contributed by atoms with Crippen molar-refractivity contribution in [2.75, 3.05) is 11.9 Å². The first-order valence-electron chi connectivity index (χ1n) is 12.3. The SMILES string of the molecule is CC(C)(O)Cn1ccc(NC(=O)C(CC2CCCCC2)N2CC(Oc3ccc(Cl)cc3Cl)=CC2=O)n1. The van der Waals surface area contributed by atoms with Crippen molar-refractivity contribution in [1.29, 1.82) is 0 Å². The maximum Gasteiger partial charge on any atom is 0.251 e. The summed E-state index contributed by atoms with van der Waals surface area (Å²) < 4.78 is 7.47. The van der Waals surface area contributed by atoms with Gasteiger partial charge in [0.05, 0.1) is 23.7 Å². The number of aliphatic hydroxyl groups is 1. The van der Waals surface area contributed by atoms with Crippen molar-refractivity contribution < 1.29 is 19.4 Å². The first kappa shape index (κ1) is 26.5. The smallest absolute Gasteiger partial charge is 0.251 e. The van der Waals surface area contributed by atoms with E-state index >= 15 is 0 Å². The Kier molecular flexibility index (Phi) is 8.27. The van der Waals surface area contributed by atoms with Gasteiger partial charge in [-0.05, 0) is 44.4 Å². The van der Waals surface area contributed by atoms with E-state index in [1.165, 1.54) is 12.5 Å². The zero-order chi connectivity index (χ0) is 25.9. The largest absolute Gasteiger partial charge is 0.458 e. The van der Waals surface area contributed by atoms with E-state index in [0.717, 1.165) is 25.7 Å². The van der Waals surface area contributed by atoms with Gasteiger partial charge in [-0.1, -0.05) is 55.3 Å². The minimum absolute atomic E-state index is 0.162. The Bertz CT molecular complexity index is 1140. The molecule has 1 aromatic heterocycles. The van der Waals surface area contributed by atoms with Gasteiger partial charge in [0, 0.05) is 23.4 Å². The minimum atomic E-state index is -0.937. The number of nitrogens with one attached hydrogen (secondary N) is 1. The summed E-state index contributed by atoms with van der Waals surface area (Å²) in [7, 11) is 0. The van der Waals surface area contributed by atoms with Crippen LogP contribution in [0.25, 0.3) is 0 Å². The number of aromatic nitrogens is 2. The van der Waals surface area contributed by atoms with Gasteiger partial charge in [0.1, 0.15) is 17.6 Å². The van der Waals surface area contributed by atoms with Crippen molar-refractivity contribution in [1.82, 2.24) is 14.7 Å². The summed E-state index contributed by atoms with van der Waals surface area (Å²) in [4.78, 5) is 28.0. The molecule has 2 heterocycles. The van der Waals surface area contributed by atoms with Crippen LogP contribution in [0, 0.1) is 5.92 Å². The van der Waals surface area contributed by atoms with Crippen LogP contribution in [0.4, 0.5) is 5.82 Å². The molecule has 0 radical (unpaired) electrons. The molecule has 0 spiro atoms. The monoisotopic (exact) mass is 534 g/mol. The number of ether oxygens (including phenoxy) is 1. The van der Waals surface area contributed by atoms with E-state index in [-0.39, 0.29) is 24.9 Å². The predicted octanol–water partition coefficient (Wildman–Crippen LogP) is 5.04. The molecule has 2 amide bonds. The van der Waals surface area contributed by atoms with Crippen LogP contribution in [0.2, 0.25) is 10.0 Å². The number of carbonyl (C=O) groups is 2. The molecule has 194 valence electrons. The lowest BCUT2D eigenvalue weighted by Gasteiger charge is -2.31. The Hall–Kier alpha value is -2.55. The lowest BCUT2D eigenvalue weighted by Crippen LogP contribution is -2.46. The second-order valence-corrected chi connectivity index (χ2v) is 11.1. The average Bonchev–Trinajstić information content (AvgIpc) is 3.39. The molecule has 0 bridgehead atoms. The van der Waals surface area contributed by atoms with Gasteiger partial charge < -0.3 is 20.1 Å².